The fraction of sp³-hybridized carbons (Fsp3) is 0.400. The highest BCUT2D eigenvalue weighted by atomic mass is 32.2. The number of amides is 3. The third-order valence-corrected chi connectivity index (χ3v) is 6.91. The van der Waals surface area contributed by atoms with Crippen LogP contribution in [-0.4, -0.2) is 66.9 Å². The van der Waals surface area contributed by atoms with Gasteiger partial charge in [0.25, 0.3) is 5.24 Å². The molecule has 9 nitrogen and oxygen atoms in total. The Morgan fingerprint density at radius 3 is 2.54 bits per heavy atom. The second-order valence-electron chi connectivity index (χ2n) is 5.76. The Kier molecular flexibility index (Phi) is 5.21. The third-order valence-electron chi connectivity index (χ3n) is 4.20. The van der Waals surface area contributed by atoms with Crippen molar-refractivity contribution in [2.45, 2.75) is 17.4 Å². The summed E-state index contributed by atoms with van der Waals surface area (Å²) in [5, 5.41) is 2.12. The molecular formula is C15H17N3O6S2. The molecule has 26 heavy (non-hydrogen) atoms. The predicted molar refractivity (Wildman–Crippen MR) is 94.3 cm³/mol. The molecule has 1 aromatic rings. The number of hydrogen-bond acceptors (Lipinski definition) is 7. The number of ether oxygens (including phenoxy) is 1. The first kappa shape index (κ1) is 18.7. The maximum Gasteiger partial charge on any atom is 0.411 e. The molecule has 11 heteroatoms. The molecule has 140 valence electrons. The maximum absolute atomic E-state index is 12.8. The van der Waals surface area contributed by atoms with Crippen LogP contribution in [0.1, 0.15) is 6.42 Å². The van der Waals surface area contributed by atoms with E-state index < -0.39 is 22.2 Å². The Balaban J connectivity index is 1.71. The molecule has 0 radical (unpaired) electrons. The number of nitrogens with one attached hydrogen (secondary N) is 1. The van der Waals surface area contributed by atoms with Crippen molar-refractivity contribution < 1.29 is 27.5 Å². The van der Waals surface area contributed by atoms with Gasteiger partial charge in [0.15, 0.2) is 0 Å². The van der Waals surface area contributed by atoms with Gasteiger partial charge in [-0.1, -0.05) is 11.8 Å². The van der Waals surface area contributed by atoms with Gasteiger partial charge in [-0.25, -0.2) is 13.2 Å². The first-order valence-electron chi connectivity index (χ1n) is 7.77. The molecule has 0 spiro atoms. The molecule has 2 fully saturated rings. The molecular weight excluding hydrogens is 382 g/mol. The number of hydrogen-bond donors (Lipinski definition) is 1. The number of methoxy groups -OCH3 is 1. The standard InChI is InChI=1S/C15H17N3O6S2/c1-24-14(20)16-10-2-4-12(5-3-10)26(22,23)17-7-6-11(8-17)18-13(19)9-25-15(18)21/h2-5,11H,6-9H2,1H3,(H,16,20). The number of rotatable bonds is 4. The average Bonchev–Trinajstić information content (AvgIpc) is 3.22. The lowest BCUT2D eigenvalue weighted by atomic mass is 10.2. The van der Waals surface area contributed by atoms with Crippen LogP contribution in [0.2, 0.25) is 0 Å². The summed E-state index contributed by atoms with van der Waals surface area (Å²) in [5.74, 6) is -0.168. The molecule has 0 saturated carbocycles. The lowest BCUT2D eigenvalue weighted by Crippen LogP contribution is -2.41. The minimum absolute atomic E-state index is 0.0713. The van der Waals surface area contributed by atoms with Gasteiger partial charge in [0.2, 0.25) is 15.9 Å². The molecule has 3 amide bonds. The van der Waals surface area contributed by atoms with Crippen molar-refractivity contribution in [1.29, 1.82) is 0 Å². The number of nitrogens with zero attached hydrogens (tertiary/aromatic N) is 2. The number of carbonyl (C=O) groups is 3. The molecule has 2 saturated heterocycles. The van der Waals surface area contributed by atoms with Crippen molar-refractivity contribution in [2.24, 2.45) is 0 Å². The van der Waals surface area contributed by atoms with E-state index in [4.69, 9.17) is 0 Å². The number of thioether (sulfide) groups is 1. The van der Waals surface area contributed by atoms with Crippen molar-refractivity contribution in [3.63, 3.8) is 0 Å². The highest BCUT2D eigenvalue weighted by Gasteiger charge is 2.42. The Bertz CT molecular complexity index is 823. The second kappa shape index (κ2) is 7.25. The average molecular weight is 399 g/mol. The molecule has 1 aromatic carbocycles. The van der Waals surface area contributed by atoms with Crippen LogP contribution in [0.25, 0.3) is 0 Å². The second-order valence-corrected chi connectivity index (χ2v) is 8.63. The Hall–Kier alpha value is -2.11. The molecule has 1 unspecified atom stereocenters. The largest absolute Gasteiger partial charge is 0.453 e. The summed E-state index contributed by atoms with van der Waals surface area (Å²) in [6, 6.07) is 5.26. The van der Waals surface area contributed by atoms with Crippen LogP contribution < -0.4 is 5.32 Å². The van der Waals surface area contributed by atoms with E-state index in [0.29, 0.717) is 12.1 Å². The fourth-order valence-electron chi connectivity index (χ4n) is 2.88. The van der Waals surface area contributed by atoms with E-state index in [9.17, 15) is 22.8 Å². The molecule has 0 bridgehead atoms. The maximum atomic E-state index is 12.8. The molecule has 0 aromatic heterocycles. The third kappa shape index (κ3) is 3.55. The molecule has 1 atom stereocenters. The van der Waals surface area contributed by atoms with Crippen molar-refractivity contribution in [3.8, 4) is 0 Å². The molecule has 2 aliphatic rings. The minimum Gasteiger partial charge on any atom is -0.453 e. The van der Waals surface area contributed by atoms with Gasteiger partial charge < -0.3 is 4.74 Å². The summed E-state index contributed by atoms with van der Waals surface area (Å²) in [6.45, 7) is 0.319. The molecule has 2 heterocycles. The Labute approximate surface area is 154 Å². The number of sulfonamides is 1. The zero-order chi connectivity index (χ0) is 18.9. The molecule has 1 N–H and O–H groups in total. The van der Waals surface area contributed by atoms with E-state index in [1.165, 1.54) is 40.6 Å². The van der Waals surface area contributed by atoms with Gasteiger partial charge in [-0.2, -0.15) is 4.31 Å². The van der Waals surface area contributed by atoms with Crippen molar-refractivity contribution in [3.05, 3.63) is 24.3 Å². The lowest BCUT2D eigenvalue weighted by Gasteiger charge is -2.21. The summed E-state index contributed by atoms with van der Waals surface area (Å²) in [6.07, 6.45) is -0.236. The normalized spacial score (nSPS) is 21.3. The minimum atomic E-state index is -3.75. The van der Waals surface area contributed by atoms with Gasteiger partial charge in [-0.3, -0.25) is 19.8 Å². The summed E-state index contributed by atoms with van der Waals surface area (Å²) in [4.78, 5) is 36.0. The first-order chi connectivity index (χ1) is 12.3. The smallest absolute Gasteiger partial charge is 0.411 e. The molecule has 2 aliphatic heterocycles. The van der Waals surface area contributed by atoms with E-state index in [1.54, 1.807) is 0 Å². The Morgan fingerprint density at radius 2 is 1.96 bits per heavy atom. The monoisotopic (exact) mass is 399 g/mol. The van der Waals surface area contributed by atoms with Crippen LogP contribution in [0.3, 0.4) is 0 Å². The van der Waals surface area contributed by atoms with E-state index in [-0.39, 0.29) is 34.9 Å². The first-order valence-corrected chi connectivity index (χ1v) is 10.2. The zero-order valence-electron chi connectivity index (χ0n) is 13.9. The van der Waals surface area contributed by atoms with E-state index in [0.717, 1.165) is 11.8 Å². The fourth-order valence-corrected chi connectivity index (χ4v) is 5.15. The summed E-state index contributed by atoms with van der Waals surface area (Å²) >= 11 is 0.938. The van der Waals surface area contributed by atoms with Gasteiger partial charge >= 0.3 is 6.09 Å². The SMILES string of the molecule is COC(=O)Nc1ccc(S(=O)(=O)N2CCC(N3C(=O)CSC3=O)C2)cc1. The molecule has 0 aliphatic carbocycles. The number of carbonyl (C=O) groups excluding carboxylic acids is 3. The van der Waals surface area contributed by atoms with Crippen LogP contribution >= 0.6 is 11.8 Å². The van der Waals surface area contributed by atoms with Crippen LogP contribution in [0.4, 0.5) is 15.3 Å². The lowest BCUT2D eigenvalue weighted by molar-refractivity contribution is -0.126. The zero-order valence-corrected chi connectivity index (χ0v) is 15.5. The topological polar surface area (TPSA) is 113 Å². The number of anilines is 1. The number of imide groups is 1. The van der Waals surface area contributed by atoms with Crippen molar-refractivity contribution in [2.75, 3.05) is 31.3 Å². The van der Waals surface area contributed by atoms with Gasteiger partial charge in [0, 0.05) is 18.8 Å². The van der Waals surface area contributed by atoms with Crippen molar-refractivity contribution >= 4 is 44.7 Å². The number of benzene rings is 1. The van der Waals surface area contributed by atoms with Crippen LogP contribution in [0.5, 0.6) is 0 Å². The van der Waals surface area contributed by atoms with Gasteiger partial charge in [-0.15, -0.1) is 0 Å². The summed E-state index contributed by atoms with van der Waals surface area (Å²) in [7, 11) is -2.53. The van der Waals surface area contributed by atoms with Crippen LogP contribution in [0.15, 0.2) is 29.2 Å². The summed E-state index contributed by atoms with van der Waals surface area (Å²) in [5.41, 5.74) is 0.403. The highest BCUT2D eigenvalue weighted by molar-refractivity contribution is 8.14. The van der Waals surface area contributed by atoms with Gasteiger partial charge in [-0.05, 0) is 30.7 Å². The van der Waals surface area contributed by atoms with E-state index in [1.807, 2.05) is 0 Å². The van der Waals surface area contributed by atoms with E-state index >= 15 is 0 Å². The van der Waals surface area contributed by atoms with Gasteiger partial charge in [0.1, 0.15) is 0 Å². The highest BCUT2D eigenvalue weighted by Crippen LogP contribution is 2.29. The van der Waals surface area contributed by atoms with Gasteiger partial charge in [0.05, 0.1) is 23.8 Å². The molecule has 3 rings (SSSR count). The van der Waals surface area contributed by atoms with Crippen LogP contribution in [0, 0.1) is 0 Å². The van der Waals surface area contributed by atoms with Crippen LogP contribution in [-0.2, 0) is 19.6 Å². The predicted octanol–water partition coefficient (Wildman–Crippen LogP) is 1.32. The Morgan fingerprint density at radius 1 is 1.27 bits per heavy atom. The quantitative estimate of drug-likeness (QED) is 0.812. The van der Waals surface area contributed by atoms with Crippen molar-refractivity contribution in [1.82, 2.24) is 9.21 Å². The summed E-state index contributed by atoms with van der Waals surface area (Å²) < 4.78 is 31.3. The van der Waals surface area contributed by atoms with E-state index in [2.05, 4.69) is 10.1 Å².